The van der Waals surface area contributed by atoms with Crippen LogP contribution in [0.4, 0.5) is 8.78 Å². The molecule has 0 saturated heterocycles. The van der Waals surface area contributed by atoms with E-state index in [-0.39, 0.29) is 0 Å². The Hall–Kier alpha value is -1.50. The second-order valence-electron chi connectivity index (χ2n) is 4.29. The Morgan fingerprint density at radius 3 is 2.32 bits per heavy atom. The molecule has 4 nitrogen and oxygen atoms in total. The number of sulfone groups is 1. The molecule has 1 aromatic rings. The van der Waals surface area contributed by atoms with Crippen molar-refractivity contribution in [3.8, 4) is 0 Å². The molecule has 1 unspecified atom stereocenters. The SMILES string of the molecule is CC(CC(=O)O)S(=O)(=O)CC(F)(F)c1ccccc1. The van der Waals surface area contributed by atoms with Gasteiger partial charge in [0.2, 0.25) is 0 Å². The molecule has 1 N–H and O–H groups in total. The molecule has 0 aliphatic rings. The topological polar surface area (TPSA) is 71.4 Å². The summed E-state index contributed by atoms with van der Waals surface area (Å²) < 4.78 is 51.1. The number of hydrogen-bond acceptors (Lipinski definition) is 3. The van der Waals surface area contributed by atoms with Crippen LogP contribution in [0, 0.1) is 0 Å². The van der Waals surface area contributed by atoms with Gasteiger partial charge < -0.3 is 5.11 Å². The lowest BCUT2D eigenvalue weighted by Gasteiger charge is -2.19. The number of carboxylic acid groups (broad SMARTS) is 1. The molecule has 0 amide bonds. The number of carboxylic acids is 1. The number of halogens is 2. The zero-order chi connectivity index (χ0) is 14.7. The number of alkyl halides is 2. The molecule has 106 valence electrons. The maximum atomic E-state index is 13.8. The van der Waals surface area contributed by atoms with Gasteiger partial charge in [0.25, 0.3) is 5.92 Å². The molecule has 0 bridgehead atoms. The summed E-state index contributed by atoms with van der Waals surface area (Å²) in [5.41, 5.74) is -0.402. The first-order valence-electron chi connectivity index (χ1n) is 5.52. The third-order valence-electron chi connectivity index (χ3n) is 2.65. The fourth-order valence-electron chi connectivity index (χ4n) is 1.53. The van der Waals surface area contributed by atoms with E-state index in [4.69, 9.17) is 5.11 Å². The highest BCUT2D eigenvalue weighted by molar-refractivity contribution is 7.92. The van der Waals surface area contributed by atoms with Gasteiger partial charge in [-0.25, -0.2) is 17.2 Å². The van der Waals surface area contributed by atoms with Gasteiger partial charge in [-0.1, -0.05) is 30.3 Å². The van der Waals surface area contributed by atoms with Crippen LogP contribution in [0.1, 0.15) is 18.9 Å². The summed E-state index contributed by atoms with van der Waals surface area (Å²) in [5.74, 6) is -6.26. The van der Waals surface area contributed by atoms with Gasteiger partial charge in [0.05, 0.1) is 11.7 Å². The van der Waals surface area contributed by atoms with Gasteiger partial charge in [0.1, 0.15) is 5.75 Å². The molecule has 0 radical (unpaired) electrons. The Bertz CT molecular complexity index is 540. The summed E-state index contributed by atoms with van der Waals surface area (Å²) in [6.07, 6.45) is -0.687. The Morgan fingerprint density at radius 1 is 1.32 bits per heavy atom. The van der Waals surface area contributed by atoms with E-state index in [0.717, 1.165) is 19.1 Å². The van der Waals surface area contributed by atoms with Gasteiger partial charge in [0, 0.05) is 5.56 Å². The molecule has 0 aliphatic heterocycles. The summed E-state index contributed by atoms with van der Waals surface area (Å²) in [7, 11) is -4.19. The van der Waals surface area contributed by atoms with E-state index in [1.165, 1.54) is 12.1 Å². The van der Waals surface area contributed by atoms with Crippen LogP contribution in [0.25, 0.3) is 0 Å². The summed E-state index contributed by atoms with van der Waals surface area (Å²) in [6, 6.07) is 6.59. The van der Waals surface area contributed by atoms with Crippen LogP contribution < -0.4 is 0 Å². The molecule has 1 rings (SSSR count). The second kappa shape index (κ2) is 5.64. The van der Waals surface area contributed by atoms with E-state index in [0.29, 0.717) is 0 Å². The number of hydrogen-bond donors (Lipinski definition) is 1. The van der Waals surface area contributed by atoms with Crippen LogP contribution in [-0.2, 0) is 20.6 Å². The van der Waals surface area contributed by atoms with Crippen molar-refractivity contribution in [2.24, 2.45) is 0 Å². The molecule has 0 fully saturated rings. The number of rotatable bonds is 6. The Morgan fingerprint density at radius 2 is 1.84 bits per heavy atom. The van der Waals surface area contributed by atoms with Crippen LogP contribution in [0.3, 0.4) is 0 Å². The minimum absolute atomic E-state index is 0.402. The summed E-state index contributed by atoms with van der Waals surface area (Å²) in [5, 5.41) is 7.16. The van der Waals surface area contributed by atoms with Crippen molar-refractivity contribution in [2.45, 2.75) is 24.5 Å². The van der Waals surface area contributed by atoms with Gasteiger partial charge in [-0.15, -0.1) is 0 Å². The lowest BCUT2D eigenvalue weighted by Crippen LogP contribution is -2.32. The maximum absolute atomic E-state index is 13.8. The normalized spacial score (nSPS) is 14.1. The van der Waals surface area contributed by atoms with Crippen LogP contribution in [0.5, 0.6) is 0 Å². The third-order valence-corrected chi connectivity index (χ3v) is 4.81. The highest BCUT2D eigenvalue weighted by Gasteiger charge is 2.39. The van der Waals surface area contributed by atoms with Crippen molar-refractivity contribution in [2.75, 3.05) is 5.75 Å². The van der Waals surface area contributed by atoms with Gasteiger partial charge in [-0.05, 0) is 6.92 Å². The molecule has 0 heterocycles. The molecule has 0 aromatic heterocycles. The van der Waals surface area contributed by atoms with Crippen LogP contribution in [-0.4, -0.2) is 30.5 Å². The van der Waals surface area contributed by atoms with Crippen molar-refractivity contribution < 1.29 is 27.1 Å². The Kier molecular flexibility index (Phi) is 4.62. The molecular weight excluding hydrogens is 278 g/mol. The van der Waals surface area contributed by atoms with Crippen LogP contribution in [0.2, 0.25) is 0 Å². The lowest BCUT2D eigenvalue weighted by atomic mass is 10.1. The zero-order valence-electron chi connectivity index (χ0n) is 10.2. The van der Waals surface area contributed by atoms with E-state index in [1.807, 2.05) is 0 Å². The van der Waals surface area contributed by atoms with Gasteiger partial charge in [0.15, 0.2) is 9.84 Å². The molecule has 0 spiro atoms. The van der Waals surface area contributed by atoms with Crippen molar-refractivity contribution in [1.82, 2.24) is 0 Å². The van der Waals surface area contributed by atoms with Gasteiger partial charge in [-0.2, -0.15) is 0 Å². The minimum atomic E-state index is -4.19. The van der Waals surface area contributed by atoms with Crippen molar-refractivity contribution in [3.05, 3.63) is 35.9 Å². The molecular formula is C12H14F2O4S. The first-order valence-corrected chi connectivity index (χ1v) is 7.23. The highest BCUT2D eigenvalue weighted by atomic mass is 32.2. The number of benzene rings is 1. The summed E-state index contributed by atoms with van der Waals surface area (Å²) in [6.45, 7) is 1.12. The fourth-order valence-corrected chi connectivity index (χ4v) is 2.89. The Balaban J connectivity index is 2.91. The standard InChI is InChI=1S/C12H14F2O4S/c1-9(7-11(15)16)19(17,18)8-12(13,14)10-5-3-2-4-6-10/h2-6,9H,7-8H2,1H3,(H,15,16). The number of aliphatic carboxylic acids is 1. The first-order chi connectivity index (χ1) is 8.65. The maximum Gasteiger partial charge on any atom is 0.304 e. The average Bonchev–Trinajstić information content (AvgIpc) is 2.28. The van der Waals surface area contributed by atoms with Crippen LogP contribution >= 0.6 is 0 Å². The predicted octanol–water partition coefficient (Wildman–Crippen LogP) is 2.06. The van der Waals surface area contributed by atoms with E-state index in [1.54, 1.807) is 6.07 Å². The predicted molar refractivity (Wildman–Crippen MR) is 65.8 cm³/mol. The van der Waals surface area contributed by atoms with E-state index < -0.39 is 44.7 Å². The Labute approximate surface area is 110 Å². The smallest absolute Gasteiger partial charge is 0.304 e. The molecule has 7 heteroatoms. The van der Waals surface area contributed by atoms with Crippen LogP contribution in [0.15, 0.2) is 30.3 Å². The van der Waals surface area contributed by atoms with Gasteiger partial charge in [-0.3, -0.25) is 4.79 Å². The average molecular weight is 292 g/mol. The van der Waals surface area contributed by atoms with E-state index in [9.17, 15) is 22.0 Å². The molecule has 0 aliphatic carbocycles. The van der Waals surface area contributed by atoms with Gasteiger partial charge >= 0.3 is 5.97 Å². The number of carbonyl (C=O) groups is 1. The fraction of sp³-hybridized carbons (Fsp3) is 0.417. The zero-order valence-corrected chi connectivity index (χ0v) is 11.0. The van der Waals surface area contributed by atoms with Crippen molar-refractivity contribution in [1.29, 1.82) is 0 Å². The summed E-state index contributed by atoms with van der Waals surface area (Å²) >= 11 is 0. The molecule has 19 heavy (non-hydrogen) atoms. The molecule has 1 atom stereocenters. The third kappa shape index (κ3) is 4.27. The largest absolute Gasteiger partial charge is 0.481 e. The van der Waals surface area contributed by atoms with E-state index >= 15 is 0 Å². The molecule has 0 saturated carbocycles. The monoisotopic (exact) mass is 292 g/mol. The highest BCUT2D eigenvalue weighted by Crippen LogP contribution is 2.30. The first kappa shape index (κ1) is 15.6. The van der Waals surface area contributed by atoms with Crippen molar-refractivity contribution in [3.63, 3.8) is 0 Å². The molecule has 1 aromatic carbocycles. The van der Waals surface area contributed by atoms with E-state index in [2.05, 4.69) is 0 Å². The lowest BCUT2D eigenvalue weighted by molar-refractivity contribution is -0.136. The van der Waals surface area contributed by atoms with Crippen molar-refractivity contribution >= 4 is 15.8 Å². The minimum Gasteiger partial charge on any atom is -0.481 e. The second-order valence-corrected chi connectivity index (χ2v) is 6.71. The summed E-state index contributed by atoms with van der Waals surface area (Å²) in [4.78, 5) is 10.4. The quantitative estimate of drug-likeness (QED) is 0.871.